The monoisotopic (exact) mass is 432 g/mol. The van der Waals surface area contributed by atoms with Gasteiger partial charge in [0.2, 0.25) is 0 Å². The Balaban J connectivity index is 1.99. The highest BCUT2D eigenvalue weighted by Gasteiger charge is 2.32. The Morgan fingerprint density at radius 3 is 2.63 bits per heavy atom. The van der Waals surface area contributed by atoms with E-state index in [4.69, 9.17) is 27.8 Å². The van der Waals surface area contributed by atoms with Gasteiger partial charge in [-0.25, -0.2) is 9.48 Å². The molecule has 0 saturated heterocycles. The van der Waals surface area contributed by atoms with E-state index >= 15 is 0 Å². The Kier molecular flexibility index (Phi) is 6.42. The van der Waals surface area contributed by atoms with E-state index < -0.39 is 23.6 Å². The lowest BCUT2D eigenvalue weighted by molar-refractivity contribution is -0.157. The van der Waals surface area contributed by atoms with Gasteiger partial charge >= 0.3 is 11.9 Å². The van der Waals surface area contributed by atoms with Gasteiger partial charge in [-0.15, -0.1) is 0 Å². The zero-order valence-corrected chi connectivity index (χ0v) is 18.3. The second-order valence-electron chi connectivity index (χ2n) is 8.55. The maximum Gasteiger partial charge on any atom is 0.331 e. The highest BCUT2D eigenvalue weighted by molar-refractivity contribution is 7.71. The molecule has 1 aromatic heterocycles. The average Bonchev–Trinajstić information content (AvgIpc) is 3.00. The number of hydrogen-bond acceptors (Lipinski definition) is 6. The standard InChI is InChI=1S/C21H28N4O4S/c1-21(2,3)29-19(28)17(22)18-23-24(11-10-16(26)27)20(30)25(18)15-9-8-13-6-4-5-7-14(13)12-15/h4-7,15,17H,8-12,22H2,1-3H3,(H,26,27). The molecule has 1 aliphatic rings. The number of hydrogen-bond donors (Lipinski definition) is 2. The van der Waals surface area contributed by atoms with Crippen molar-refractivity contribution in [1.82, 2.24) is 14.3 Å². The van der Waals surface area contributed by atoms with Crippen LogP contribution in [0.4, 0.5) is 0 Å². The van der Waals surface area contributed by atoms with Crippen molar-refractivity contribution in [2.75, 3.05) is 0 Å². The second-order valence-corrected chi connectivity index (χ2v) is 8.92. The number of carbonyl (C=O) groups is 2. The number of carbonyl (C=O) groups excluding carboxylic acids is 1. The minimum atomic E-state index is -1.12. The first-order valence-corrected chi connectivity index (χ1v) is 10.4. The van der Waals surface area contributed by atoms with Crippen LogP contribution in [0.5, 0.6) is 0 Å². The first-order chi connectivity index (χ1) is 14.1. The van der Waals surface area contributed by atoms with E-state index in [0.29, 0.717) is 10.6 Å². The maximum absolute atomic E-state index is 12.6. The van der Waals surface area contributed by atoms with E-state index in [1.807, 2.05) is 16.7 Å². The van der Waals surface area contributed by atoms with Crippen LogP contribution in [0.2, 0.25) is 0 Å². The Bertz CT molecular complexity index is 1010. The number of fused-ring (bicyclic) bond motifs is 1. The lowest BCUT2D eigenvalue weighted by atomic mass is 9.88. The number of benzene rings is 1. The van der Waals surface area contributed by atoms with Crippen molar-refractivity contribution < 1.29 is 19.4 Å². The number of ether oxygens (including phenoxy) is 1. The summed E-state index contributed by atoms with van der Waals surface area (Å²) >= 11 is 5.62. The third-order valence-corrected chi connectivity index (χ3v) is 5.47. The van der Waals surface area contributed by atoms with Crippen molar-refractivity contribution in [3.63, 3.8) is 0 Å². The van der Waals surface area contributed by atoms with E-state index in [1.54, 1.807) is 20.8 Å². The summed E-state index contributed by atoms with van der Waals surface area (Å²) < 4.78 is 9.08. The number of aliphatic carboxylic acids is 1. The van der Waals surface area contributed by atoms with E-state index in [-0.39, 0.29) is 19.0 Å². The van der Waals surface area contributed by atoms with Crippen LogP contribution in [0.1, 0.15) is 62.6 Å². The maximum atomic E-state index is 12.6. The van der Waals surface area contributed by atoms with Gasteiger partial charge in [-0.3, -0.25) is 9.36 Å². The first kappa shape index (κ1) is 22.2. The van der Waals surface area contributed by atoms with Crippen LogP contribution in [0.25, 0.3) is 0 Å². The molecule has 2 aromatic rings. The van der Waals surface area contributed by atoms with Crippen LogP contribution in [0, 0.1) is 4.77 Å². The van der Waals surface area contributed by atoms with Crippen LogP contribution in [0.15, 0.2) is 24.3 Å². The molecule has 0 saturated carbocycles. The molecule has 0 spiro atoms. The zero-order chi connectivity index (χ0) is 22.1. The Hall–Kier alpha value is -2.52. The summed E-state index contributed by atoms with van der Waals surface area (Å²) in [6, 6.07) is 7.11. The Morgan fingerprint density at radius 1 is 1.33 bits per heavy atom. The van der Waals surface area contributed by atoms with E-state index in [0.717, 1.165) is 19.3 Å². The molecule has 9 heteroatoms. The third kappa shape index (κ3) is 4.96. The number of aryl methyl sites for hydroxylation is 2. The van der Waals surface area contributed by atoms with Gasteiger partial charge in [-0.2, -0.15) is 5.10 Å². The number of carboxylic acids is 1. The highest BCUT2D eigenvalue weighted by Crippen LogP contribution is 2.31. The van der Waals surface area contributed by atoms with Crippen molar-refractivity contribution in [3.05, 3.63) is 46.0 Å². The molecule has 8 nitrogen and oxygen atoms in total. The van der Waals surface area contributed by atoms with Crippen molar-refractivity contribution in [2.45, 2.75) is 70.7 Å². The van der Waals surface area contributed by atoms with Crippen molar-refractivity contribution in [2.24, 2.45) is 5.73 Å². The number of carboxylic acid groups (broad SMARTS) is 1. The Labute approximate surface area is 180 Å². The number of rotatable bonds is 6. The largest absolute Gasteiger partial charge is 0.481 e. The van der Waals surface area contributed by atoms with Gasteiger partial charge in [-0.1, -0.05) is 24.3 Å². The van der Waals surface area contributed by atoms with E-state index in [1.165, 1.54) is 15.8 Å². The summed E-state index contributed by atoms with van der Waals surface area (Å²) in [6.07, 6.45) is 2.32. The van der Waals surface area contributed by atoms with Gasteiger partial charge in [0.25, 0.3) is 0 Å². The summed E-state index contributed by atoms with van der Waals surface area (Å²) in [4.78, 5) is 23.7. The molecule has 0 fully saturated rings. The molecule has 2 atom stereocenters. The molecule has 30 heavy (non-hydrogen) atoms. The normalized spacial score (nSPS) is 17.3. The summed E-state index contributed by atoms with van der Waals surface area (Å²) in [5, 5.41) is 13.5. The quantitative estimate of drug-likeness (QED) is 0.533. The fourth-order valence-electron chi connectivity index (χ4n) is 3.71. The topological polar surface area (TPSA) is 112 Å². The van der Waals surface area contributed by atoms with Crippen molar-refractivity contribution in [1.29, 1.82) is 0 Å². The fraction of sp³-hybridized carbons (Fsp3) is 0.524. The van der Waals surface area contributed by atoms with Crippen LogP contribution >= 0.6 is 12.2 Å². The molecule has 1 heterocycles. The zero-order valence-electron chi connectivity index (χ0n) is 17.5. The summed E-state index contributed by atoms with van der Waals surface area (Å²) in [5.41, 5.74) is 8.09. The van der Waals surface area contributed by atoms with Crippen LogP contribution < -0.4 is 5.73 Å². The first-order valence-electron chi connectivity index (χ1n) is 10.0. The van der Waals surface area contributed by atoms with Gasteiger partial charge < -0.3 is 15.6 Å². The van der Waals surface area contributed by atoms with Crippen LogP contribution in [-0.2, 0) is 33.7 Å². The molecule has 162 valence electrons. The summed E-state index contributed by atoms with van der Waals surface area (Å²) in [5.74, 6) is -1.23. The number of esters is 1. The van der Waals surface area contributed by atoms with Gasteiger partial charge in [0, 0.05) is 6.04 Å². The number of nitrogens with zero attached hydrogens (tertiary/aromatic N) is 3. The molecule has 0 aliphatic heterocycles. The molecule has 1 aromatic carbocycles. The number of nitrogens with two attached hydrogens (primary N) is 1. The molecule has 3 N–H and O–H groups in total. The molecule has 1 aliphatic carbocycles. The minimum Gasteiger partial charge on any atom is -0.481 e. The smallest absolute Gasteiger partial charge is 0.331 e. The molecule has 3 rings (SSSR count). The van der Waals surface area contributed by atoms with Crippen molar-refractivity contribution in [3.8, 4) is 0 Å². The minimum absolute atomic E-state index is 0.0190. The molecule has 0 radical (unpaired) electrons. The van der Waals surface area contributed by atoms with Crippen LogP contribution in [0.3, 0.4) is 0 Å². The van der Waals surface area contributed by atoms with E-state index in [9.17, 15) is 9.59 Å². The van der Waals surface area contributed by atoms with Gasteiger partial charge in [0.15, 0.2) is 16.6 Å². The SMILES string of the molecule is CC(C)(C)OC(=O)C(N)c1nn(CCC(=O)O)c(=S)n1C1CCc2ccccc2C1. The predicted molar refractivity (Wildman–Crippen MR) is 114 cm³/mol. The van der Waals surface area contributed by atoms with Gasteiger partial charge in [-0.05, 0) is 63.4 Å². The predicted octanol–water partition coefficient (Wildman–Crippen LogP) is 2.96. The van der Waals surface area contributed by atoms with Gasteiger partial charge in [0.1, 0.15) is 5.60 Å². The number of aromatic nitrogens is 3. The highest BCUT2D eigenvalue weighted by atomic mass is 32.1. The van der Waals surface area contributed by atoms with Crippen molar-refractivity contribution >= 4 is 24.2 Å². The lowest BCUT2D eigenvalue weighted by Gasteiger charge is -2.28. The summed E-state index contributed by atoms with van der Waals surface area (Å²) in [6.45, 7) is 5.42. The molecule has 2 unspecified atom stereocenters. The molecule has 0 amide bonds. The Morgan fingerprint density at radius 2 is 2.00 bits per heavy atom. The molecular formula is C21H28N4O4S. The van der Waals surface area contributed by atoms with Gasteiger partial charge in [0.05, 0.1) is 13.0 Å². The lowest BCUT2D eigenvalue weighted by Crippen LogP contribution is -2.34. The molecule has 0 bridgehead atoms. The second kappa shape index (κ2) is 8.69. The average molecular weight is 433 g/mol. The van der Waals surface area contributed by atoms with Crippen LogP contribution in [-0.4, -0.2) is 37.0 Å². The van der Waals surface area contributed by atoms with E-state index in [2.05, 4.69) is 17.2 Å². The fourth-order valence-corrected chi connectivity index (χ4v) is 4.08. The molecular weight excluding hydrogens is 404 g/mol. The third-order valence-electron chi connectivity index (χ3n) is 5.06. The summed E-state index contributed by atoms with van der Waals surface area (Å²) in [7, 11) is 0.